The average Bonchev–Trinajstić information content (AvgIpc) is 2.75. The van der Waals surface area contributed by atoms with Gasteiger partial charge in [-0.05, 0) is 0 Å². The molecule has 2 heterocycles. The van der Waals surface area contributed by atoms with Gasteiger partial charge in [0.2, 0.25) is 0 Å². The molecule has 2 rings (SSSR count). The summed E-state index contributed by atoms with van der Waals surface area (Å²) in [5, 5.41) is 8.52. The standard InChI is InChI=1S/C7H12NO4P/c8-2-1-7-13(9-3-4-10-13)11-5-6-12-13/h1,3-7H2. The summed E-state index contributed by atoms with van der Waals surface area (Å²) in [7, 11) is -3.23. The molecule has 2 fully saturated rings. The van der Waals surface area contributed by atoms with Crippen molar-refractivity contribution in [2.45, 2.75) is 6.42 Å². The Kier molecular flexibility index (Phi) is 2.26. The molecular formula is C7H12NO4P. The summed E-state index contributed by atoms with van der Waals surface area (Å²) in [5.41, 5.74) is 0. The molecule has 2 saturated heterocycles. The molecule has 0 saturated carbocycles. The van der Waals surface area contributed by atoms with E-state index in [0.717, 1.165) is 0 Å². The molecule has 2 aliphatic heterocycles. The fourth-order valence-electron chi connectivity index (χ4n) is 1.57. The third-order valence-corrected chi connectivity index (χ3v) is 5.80. The topological polar surface area (TPSA) is 60.7 Å². The molecule has 2 aliphatic rings. The quantitative estimate of drug-likeness (QED) is 0.634. The van der Waals surface area contributed by atoms with Crippen LogP contribution in [0, 0.1) is 11.3 Å². The van der Waals surface area contributed by atoms with E-state index in [9.17, 15) is 0 Å². The molecule has 1 spiro atoms. The summed E-state index contributed by atoms with van der Waals surface area (Å²) in [6, 6.07) is 2.05. The molecule has 74 valence electrons. The van der Waals surface area contributed by atoms with E-state index in [1.54, 1.807) is 0 Å². The van der Waals surface area contributed by atoms with Crippen LogP contribution < -0.4 is 0 Å². The van der Waals surface area contributed by atoms with Crippen molar-refractivity contribution in [2.75, 3.05) is 32.6 Å². The molecule has 0 aromatic carbocycles. The van der Waals surface area contributed by atoms with Crippen LogP contribution in [0.25, 0.3) is 0 Å². The van der Waals surface area contributed by atoms with Crippen molar-refractivity contribution < 1.29 is 18.1 Å². The number of nitriles is 1. The summed E-state index contributed by atoms with van der Waals surface area (Å²) in [5.74, 6) is 0. The van der Waals surface area contributed by atoms with Gasteiger partial charge in [0.1, 0.15) is 0 Å². The number of hydrogen-bond donors (Lipinski definition) is 0. The first-order valence-electron chi connectivity index (χ1n) is 4.28. The van der Waals surface area contributed by atoms with Crippen molar-refractivity contribution in [2.24, 2.45) is 0 Å². The van der Waals surface area contributed by atoms with Crippen LogP contribution in [0.4, 0.5) is 0 Å². The van der Waals surface area contributed by atoms with Crippen molar-refractivity contribution in [1.82, 2.24) is 0 Å². The first-order valence-corrected chi connectivity index (χ1v) is 6.37. The molecule has 0 bridgehead atoms. The van der Waals surface area contributed by atoms with E-state index in [2.05, 4.69) is 6.07 Å². The molecule has 0 unspecified atom stereocenters. The molecule has 0 radical (unpaired) electrons. The van der Waals surface area contributed by atoms with Gasteiger partial charge in [-0.15, -0.1) is 0 Å². The van der Waals surface area contributed by atoms with Crippen LogP contribution in [-0.2, 0) is 18.1 Å². The van der Waals surface area contributed by atoms with Crippen molar-refractivity contribution in [3.63, 3.8) is 0 Å². The maximum absolute atomic E-state index is 8.52. The maximum atomic E-state index is 8.52. The van der Waals surface area contributed by atoms with Crippen LogP contribution in [0.5, 0.6) is 0 Å². The van der Waals surface area contributed by atoms with Crippen LogP contribution in [0.1, 0.15) is 6.42 Å². The summed E-state index contributed by atoms with van der Waals surface area (Å²) in [6.07, 6.45) is 0.778. The molecule has 13 heavy (non-hydrogen) atoms. The number of hydrogen-bond acceptors (Lipinski definition) is 5. The summed E-state index contributed by atoms with van der Waals surface area (Å²) in [6.45, 7) is 2.01. The zero-order chi connectivity index (χ0) is 9.23. The van der Waals surface area contributed by atoms with Crippen molar-refractivity contribution in [1.29, 1.82) is 5.26 Å². The van der Waals surface area contributed by atoms with Gasteiger partial charge in [-0.3, -0.25) is 0 Å². The van der Waals surface area contributed by atoms with Crippen molar-refractivity contribution in [3.8, 4) is 6.07 Å². The third-order valence-electron chi connectivity index (χ3n) is 2.12. The molecule has 0 aromatic rings. The second-order valence-corrected chi connectivity index (χ2v) is 6.34. The molecule has 0 N–H and O–H groups in total. The second kappa shape index (κ2) is 3.16. The van der Waals surface area contributed by atoms with Gasteiger partial charge in [-0.25, -0.2) is 0 Å². The predicted molar refractivity (Wildman–Crippen MR) is 45.8 cm³/mol. The van der Waals surface area contributed by atoms with Crippen LogP contribution in [0.15, 0.2) is 0 Å². The summed E-state index contributed by atoms with van der Waals surface area (Å²) >= 11 is 0. The Bertz CT molecular complexity index is 216. The Hall–Kier alpha value is -0.240. The van der Waals surface area contributed by atoms with Gasteiger partial charge in [0.25, 0.3) is 0 Å². The van der Waals surface area contributed by atoms with Gasteiger partial charge in [0, 0.05) is 0 Å². The Labute approximate surface area is 76.8 Å². The van der Waals surface area contributed by atoms with Crippen LogP contribution in [-0.4, -0.2) is 32.6 Å². The zero-order valence-electron chi connectivity index (χ0n) is 7.27. The summed E-state index contributed by atoms with van der Waals surface area (Å²) < 4.78 is 22.0. The Morgan fingerprint density at radius 3 is 1.85 bits per heavy atom. The zero-order valence-corrected chi connectivity index (χ0v) is 8.16. The van der Waals surface area contributed by atoms with E-state index < -0.39 is 7.51 Å². The number of rotatable bonds is 2. The monoisotopic (exact) mass is 205 g/mol. The molecule has 0 aromatic heterocycles. The van der Waals surface area contributed by atoms with Crippen molar-refractivity contribution >= 4 is 7.51 Å². The molecular weight excluding hydrogens is 193 g/mol. The van der Waals surface area contributed by atoms with E-state index in [4.69, 9.17) is 23.4 Å². The van der Waals surface area contributed by atoms with E-state index in [1.165, 1.54) is 0 Å². The van der Waals surface area contributed by atoms with Crippen molar-refractivity contribution in [3.05, 3.63) is 0 Å². The van der Waals surface area contributed by atoms with E-state index in [1.807, 2.05) is 0 Å². The van der Waals surface area contributed by atoms with Gasteiger partial charge in [-0.1, -0.05) is 0 Å². The molecule has 0 amide bonds. The molecule has 0 aliphatic carbocycles. The molecule has 0 atom stereocenters. The molecule has 6 heteroatoms. The van der Waals surface area contributed by atoms with Crippen LogP contribution in [0.2, 0.25) is 0 Å². The summed E-state index contributed by atoms with van der Waals surface area (Å²) in [4.78, 5) is 0. The third kappa shape index (κ3) is 1.45. The minimum absolute atomic E-state index is 0.345. The fraction of sp³-hybridized carbons (Fsp3) is 0.857. The SMILES string of the molecule is N#CCCP12(OCCO1)OCCO2. The van der Waals surface area contributed by atoms with Gasteiger partial charge in [-0.2, -0.15) is 0 Å². The average molecular weight is 205 g/mol. The van der Waals surface area contributed by atoms with Crippen LogP contribution >= 0.6 is 7.51 Å². The second-order valence-electron chi connectivity index (χ2n) is 2.93. The normalized spacial score (nSPS) is 32.4. The van der Waals surface area contributed by atoms with Gasteiger partial charge >= 0.3 is 75.9 Å². The Morgan fingerprint density at radius 2 is 1.46 bits per heavy atom. The predicted octanol–water partition coefficient (Wildman–Crippen LogP) is 1.21. The minimum atomic E-state index is -3.23. The molecule has 5 nitrogen and oxygen atoms in total. The Morgan fingerprint density at radius 1 is 1.00 bits per heavy atom. The van der Waals surface area contributed by atoms with Gasteiger partial charge < -0.3 is 0 Å². The van der Waals surface area contributed by atoms with Crippen LogP contribution in [0.3, 0.4) is 0 Å². The van der Waals surface area contributed by atoms with E-state index in [-0.39, 0.29) is 0 Å². The van der Waals surface area contributed by atoms with E-state index in [0.29, 0.717) is 39.0 Å². The first-order chi connectivity index (χ1) is 6.29. The Balaban J connectivity index is 2.14. The van der Waals surface area contributed by atoms with Gasteiger partial charge in [0.05, 0.1) is 0 Å². The fourth-order valence-corrected chi connectivity index (χ4v) is 4.71. The first kappa shape index (κ1) is 9.32. The number of nitrogens with zero attached hydrogens (tertiary/aromatic N) is 1. The van der Waals surface area contributed by atoms with Gasteiger partial charge in [0.15, 0.2) is 0 Å². The van der Waals surface area contributed by atoms with E-state index >= 15 is 0 Å².